The van der Waals surface area contributed by atoms with Crippen molar-refractivity contribution in [1.29, 1.82) is 0 Å². The van der Waals surface area contributed by atoms with Crippen molar-refractivity contribution in [2.24, 2.45) is 0 Å². The molecule has 1 aromatic carbocycles. The van der Waals surface area contributed by atoms with Crippen molar-refractivity contribution in [3.8, 4) is 5.75 Å². The molecule has 0 spiro atoms. The summed E-state index contributed by atoms with van der Waals surface area (Å²) in [6.45, 7) is 9.15. The molecule has 0 aliphatic carbocycles. The lowest BCUT2D eigenvalue weighted by Crippen LogP contribution is -2.37. The number of likely N-dealkylation sites (tertiary alicyclic amines) is 1. The normalized spacial score (nSPS) is 21.4. The van der Waals surface area contributed by atoms with Gasteiger partial charge in [-0.1, -0.05) is 25.1 Å². The Balaban J connectivity index is 2.03. The molecule has 3 nitrogen and oxygen atoms in total. The van der Waals surface area contributed by atoms with E-state index in [0.717, 1.165) is 18.7 Å². The lowest BCUT2D eigenvalue weighted by atomic mass is 10.0. The maximum atomic E-state index is 5.50. The van der Waals surface area contributed by atoms with Gasteiger partial charge in [-0.2, -0.15) is 0 Å². The monoisotopic (exact) mass is 276 g/mol. The second-order valence-corrected chi connectivity index (χ2v) is 5.94. The van der Waals surface area contributed by atoms with Gasteiger partial charge in [-0.15, -0.1) is 0 Å². The van der Waals surface area contributed by atoms with E-state index in [4.69, 9.17) is 4.74 Å². The van der Waals surface area contributed by atoms with Gasteiger partial charge in [-0.3, -0.25) is 4.90 Å². The zero-order valence-electron chi connectivity index (χ0n) is 13.2. The minimum atomic E-state index is 0.378. The largest absolute Gasteiger partial charge is 0.496 e. The minimum absolute atomic E-state index is 0.378. The molecule has 0 bridgehead atoms. The number of rotatable bonds is 6. The maximum Gasteiger partial charge on any atom is 0.123 e. The first-order valence-electron chi connectivity index (χ1n) is 7.78. The van der Waals surface area contributed by atoms with Crippen LogP contribution in [-0.2, 0) is 0 Å². The lowest BCUT2D eigenvalue weighted by molar-refractivity contribution is 0.264. The van der Waals surface area contributed by atoms with Crippen molar-refractivity contribution in [2.75, 3.05) is 20.2 Å². The smallest absolute Gasteiger partial charge is 0.123 e. The number of methoxy groups -OCH3 is 1. The second-order valence-electron chi connectivity index (χ2n) is 5.94. The van der Waals surface area contributed by atoms with Crippen molar-refractivity contribution in [3.05, 3.63) is 29.8 Å². The predicted octanol–water partition coefficient (Wildman–Crippen LogP) is 3.22. The Kier molecular flexibility index (Phi) is 5.44. The molecule has 0 saturated carbocycles. The van der Waals surface area contributed by atoms with E-state index in [0.29, 0.717) is 18.1 Å². The van der Waals surface area contributed by atoms with E-state index in [-0.39, 0.29) is 0 Å². The van der Waals surface area contributed by atoms with Gasteiger partial charge in [0, 0.05) is 30.2 Å². The molecule has 20 heavy (non-hydrogen) atoms. The van der Waals surface area contributed by atoms with Gasteiger partial charge in [0.15, 0.2) is 0 Å². The van der Waals surface area contributed by atoms with Crippen LogP contribution >= 0.6 is 0 Å². The SMILES string of the molecule is CCC(NC1CCN(C(C)C)C1)c1ccccc1OC. The minimum Gasteiger partial charge on any atom is -0.496 e. The van der Waals surface area contributed by atoms with E-state index >= 15 is 0 Å². The molecule has 2 atom stereocenters. The van der Waals surface area contributed by atoms with Crippen LogP contribution in [0.2, 0.25) is 0 Å². The van der Waals surface area contributed by atoms with Crippen molar-refractivity contribution in [1.82, 2.24) is 10.2 Å². The number of ether oxygens (including phenoxy) is 1. The Morgan fingerprint density at radius 3 is 2.70 bits per heavy atom. The van der Waals surface area contributed by atoms with Crippen molar-refractivity contribution in [3.63, 3.8) is 0 Å². The molecule has 1 aliphatic heterocycles. The van der Waals surface area contributed by atoms with Crippen LogP contribution < -0.4 is 10.1 Å². The highest BCUT2D eigenvalue weighted by Gasteiger charge is 2.26. The Hall–Kier alpha value is -1.06. The standard InChI is InChI=1S/C17H28N2O/c1-5-16(15-8-6-7-9-17(15)20-4)18-14-10-11-19(12-14)13(2)3/h6-9,13-14,16,18H,5,10-12H2,1-4H3. The second kappa shape index (κ2) is 7.09. The highest BCUT2D eigenvalue weighted by molar-refractivity contribution is 5.35. The molecule has 1 heterocycles. The Bertz CT molecular complexity index is 419. The Labute approximate surface area is 123 Å². The molecule has 1 fully saturated rings. The summed E-state index contributed by atoms with van der Waals surface area (Å²) in [6, 6.07) is 9.97. The van der Waals surface area contributed by atoms with Gasteiger partial charge >= 0.3 is 0 Å². The quantitative estimate of drug-likeness (QED) is 0.863. The number of nitrogens with one attached hydrogen (secondary N) is 1. The fourth-order valence-electron chi connectivity index (χ4n) is 3.06. The van der Waals surface area contributed by atoms with Gasteiger partial charge in [0.05, 0.1) is 7.11 Å². The first-order chi connectivity index (χ1) is 9.65. The lowest BCUT2D eigenvalue weighted by Gasteiger charge is -2.25. The van der Waals surface area contributed by atoms with Gasteiger partial charge in [0.2, 0.25) is 0 Å². The molecule has 0 aromatic heterocycles. The summed E-state index contributed by atoms with van der Waals surface area (Å²) in [6.07, 6.45) is 2.32. The fraction of sp³-hybridized carbons (Fsp3) is 0.647. The summed E-state index contributed by atoms with van der Waals surface area (Å²) in [7, 11) is 1.75. The number of para-hydroxylation sites is 1. The molecule has 1 aromatic rings. The molecule has 112 valence electrons. The van der Waals surface area contributed by atoms with Crippen LogP contribution in [0.25, 0.3) is 0 Å². The zero-order valence-corrected chi connectivity index (χ0v) is 13.2. The first kappa shape index (κ1) is 15.3. The highest BCUT2D eigenvalue weighted by atomic mass is 16.5. The van der Waals surface area contributed by atoms with Crippen molar-refractivity contribution >= 4 is 0 Å². The van der Waals surface area contributed by atoms with Gasteiger partial charge in [0.25, 0.3) is 0 Å². The van der Waals surface area contributed by atoms with Crippen LogP contribution in [0.1, 0.15) is 45.2 Å². The van der Waals surface area contributed by atoms with Crippen LogP contribution in [-0.4, -0.2) is 37.2 Å². The summed E-state index contributed by atoms with van der Waals surface area (Å²) in [5.41, 5.74) is 1.28. The van der Waals surface area contributed by atoms with Gasteiger partial charge in [0.1, 0.15) is 5.75 Å². The van der Waals surface area contributed by atoms with Crippen LogP contribution in [0, 0.1) is 0 Å². The maximum absolute atomic E-state index is 5.50. The Morgan fingerprint density at radius 1 is 1.35 bits per heavy atom. The first-order valence-corrected chi connectivity index (χ1v) is 7.78. The van der Waals surface area contributed by atoms with Crippen LogP contribution in [0.4, 0.5) is 0 Å². The average Bonchev–Trinajstić information content (AvgIpc) is 2.93. The van der Waals surface area contributed by atoms with Crippen molar-refractivity contribution in [2.45, 2.75) is 51.7 Å². The molecule has 3 heteroatoms. The van der Waals surface area contributed by atoms with Crippen LogP contribution in [0.3, 0.4) is 0 Å². The van der Waals surface area contributed by atoms with E-state index in [1.165, 1.54) is 18.5 Å². The number of hydrogen-bond acceptors (Lipinski definition) is 3. The third-order valence-electron chi connectivity index (χ3n) is 4.31. The molecule has 2 rings (SSSR count). The molecule has 2 unspecified atom stereocenters. The predicted molar refractivity (Wildman–Crippen MR) is 84.3 cm³/mol. The van der Waals surface area contributed by atoms with Crippen molar-refractivity contribution < 1.29 is 4.74 Å². The molecular formula is C17H28N2O. The van der Waals surface area contributed by atoms with Gasteiger partial charge in [-0.25, -0.2) is 0 Å². The number of benzene rings is 1. The summed E-state index contributed by atoms with van der Waals surface area (Å²) >= 11 is 0. The van der Waals surface area contributed by atoms with E-state index in [1.54, 1.807) is 7.11 Å². The average molecular weight is 276 g/mol. The number of nitrogens with zero attached hydrogens (tertiary/aromatic N) is 1. The van der Waals surface area contributed by atoms with Gasteiger partial charge in [-0.05, 0) is 39.3 Å². The van der Waals surface area contributed by atoms with E-state index in [9.17, 15) is 0 Å². The molecule has 1 aliphatic rings. The topological polar surface area (TPSA) is 24.5 Å². The summed E-state index contributed by atoms with van der Waals surface area (Å²) < 4.78 is 5.50. The fourth-order valence-corrected chi connectivity index (χ4v) is 3.06. The number of hydrogen-bond donors (Lipinski definition) is 1. The molecular weight excluding hydrogens is 248 g/mol. The molecule has 1 saturated heterocycles. The van der Waals surface area contributed by atoms with Crippen LogP contribution in [0.15, 0.2) is 24.3 Å². The summed E-state index contributed by atoms with van der Waals surface area (Å²) in [4.78, 5) is 2.55. The van der Waals surface area contributed by atoms with E-state index in [2.05, 4.69) is 49.2 Å². The third-order valence-corrected chi connectivity index (χ3v) is 4.31. The van der Waals surface area contributed by atoms with Gasteiger partial charge < -0.3 is 10.1 Å². The van der Waals surface area contributed by atoms with Crippen LogP contribution in [0.5, 0.6) is 5.75 Å². The Morgan fingerprint density at radius 2 is 2.10 bits per heavy atom. The van der Waals surface area contributed by atoms with E-state index < -0.39 is 0 Å². The molecule has 0 amide bonds. The highest BCUT2D eigenvalue weighted by Crippen LogP contribution is 2.28. The van der Waals surface area contributed by atoms with E-state index in [1.807, 2.05) is 6.07 Å². The third kappa shape index (κ3) is 3.53. The summed E-state index contributed by atoms with van der Waals surface area (Å²) in [5.74, 6) is 0.991. The molecule has 0 radical (unpaired) electrons. The molecule has 1 N–H and O–H groups in total. The summed E-state index contributed by atoms with van der Waals surface area (Å²) in [5, 5.41) is 3.82. The zero-order chi connectivity index (χ0) is 14.5.